The van der Waals surface area contributed by atoms with E-state index in [4.69, 9.17) is 9.72 Å². The lowest BCUT2D eigenvalue weighted by Crippen LogP contribution is -2.25. The van der Waals surface area contributed by atoms with Gasteiger partial charge in [-0.2, -0.15) is 5.26 Å². The van der Waals surface area contributed by atoms with Crippen molar-refractivity contribution in [1.82, 2.24) is 9.97 Å². The van der Waals surface area contributed by atoms with Gasteiger partial charge in [-0.3, -0.25) is 4.79 Å². The number of hydrogen-bond acceptors (Lipinski definition) is 7. The summed E-state index contributed by atoms with van der Waals surface area (Å²) in [6.07, 6.45) is 3.61. The number of hydrogen-bond donors (Lipinski definition) is 1. The van der Waals surface area contributed by atoms with Gasteiger partial charge in [-0.15, -0.1) is 0 Å². The highest BCUT2D eigenvalue weighted by atomic mass is 32.2. The van der Waals surface area contributed by atoms with Crippen LogP contribution >= 0.6 is 23.1 Å². The molecule has 0 radical (unpaired) electrons. The Labute approximate surface area is 196 Å². The molecule has 0 fully saturated rings. The van der Waals surface area contributed by atoms with Crippen LogP contribution in [-0.2, 0) is 17.6 Å². The van der Waals surface area contributed by atoms with Crippen molar-refractivity contribution in [3.8, 4) is 11.8 Å². The van der Waals surface area contributed by atoms with Crippen LogP contribution in [0.3, 0.4) is 0 Å². The number of benzene rings is 1. The molecule has 0 aliphatic heterocycles. The molecule has 1 aliphatic rings. The summed E-state index contributed by atoms with van der Waals surface area (Å²) in [7, 11) is 0. The fourth-order valence-electron chi connectivity index (χ4n) is 3.86. The Balaban J connectivity index is 1.51. The number of thiazole rings is 1. The van der Waals surface area contributed by atoms with E-state index in [1.165, 1.54) is 28.7 Å². The first-order chi connectivity index (χ1) is 15.5. The van der Waals surface area contributed by atoms with E-state index in [-0.39, 0.29) is 11.2 Å². The Morgan fingerprint density at radius 1 is 1.38 bits per heavy atom. The van der Waals surface area contributed by atoms with Gasteiger partial charge >= 0.3 is 0 Å². The molecule has 6 nitrogen and oxygen atoms in total. The second kappa shape index (κ2) is 9.88. The van der Waals surface area contributed by atoms with Crippen LogP contribution in [-0.4, -0.2) is 27.7 Å². The predicted molar refractivity (Wildman–Crippen MR) is 129 cm³/mol. The van der Waals surface area contributed by atoms with Crippen LogP contribution in [0.25, 0.3) is 10.2 Å². The SMILES string of the molecule is CCOc1ccc2nc(NC(=O)C(CC)Sc3nc4c(cc3C#N)CC(C)CC4)sc2c1. The second-order valence-electron chi connectivity index (χ2n) is 7.99. The van der Waals surface area contributed by atoms with Crippen molar-refractivity contribution in [2.75, 3.05) is 11.9 Å². The van der Waals surface area contributed by atoms with Crippen molar-refractivity contribution in [2.45, 2.75) is 56.7 Å². The van der Waals surface area contributed by atoms with E-state index in [0.29, 0.717) is 34.7 Å². The summed E-state index contributed by atoms with van der Waals surface area (Å²) in [6, 6.07) is 9.96. The van der Waals surface area contributed by atoms with Gasteiger partial charge in [0.15, 0.2) is 5.13 Å². The molecular weight excluding hydrogens is 440 g/mol. The highest BCUT2D eigenvalue weighted by Gasteiger charge is 2.24. The van der Waals surface area contributed by atoms with Crippen molar-refractivity contribution in [2.24, 2.45) is 5.92 Å². The predicted octanol–water partition coefficient (Wildman–Crippen LogP) is 5.60. The minimum atomic E-state index is -0.360. The Kier molecular flexibility index (Phi) is 6.97. The zero-order valence-electron chi connectivity index (χ0n) is 18.5. The maximum Gasteiger partial charge on any atom is 0.239 e. The van der Waals surface area contributed by atoms with Crippen LogP contribution in [0.15, 0.2) is 29.3 Å². The number of nitrogens with zero attached hydrogens (tertiary/aromatic N) is 3. The molecular formula is C24H26N4O2S2. The van der Waals surface area contributed by atoms with Crippen molar-refractivity contribution in [1.29, 1.82) is 5.26 Å². The van der Waals surface area contributed by atoms with E-state index in [2.05, 4.69) is 23.3 Å². The van der Waals surface area contributed by atoms with Crippen LogP contribution in [0.2, 0.25) is 0 Å². The van der Waals surface area contributed by atoms with Crippen LogP contribution in [0, 0.1) is 17.2 Å². The molecule has 2 unspecified atom stereocenters. The molecule has 0 bridgehead atoms. The number of rotatable bonds is 7. The number of nitriles is 1. The van der Waals surface area contributed by atoms with Crippen LogP contribution in [0.5, 0.6) is 5.75 Å². The third-order valence-electron chi connectivity index (χ3n) is 5.54. The second-order valence-corrected chi connectivity index (χ2v) is 10.2. The van der Waals surface area contributed by atoms with Gasteiger partial charge in [0.2, 0.25) is 5.91 Å². The molecule has 166 valence electrons. The minimum absolute atomic E-state index is 0.126. The lowest BCUT2D eigenvalue weighted by Gasteiger charge is -2.22. The maximum absolute atomic E-state index is 13.0. The summed E-state index contributed by atoms with van der Waals surface area (Å²) in [5.41, 5.74) is 3.61. The molecule has 4 rings (SSSR count). The summed E-state index contributed by atoms with van der Waals surface area (Å²) in [5.74, 6) is 1.28. The van der Waals surface area contributed by atoms with Gasteiger partial charge in [-0.25, -0.2) is 9.97 Å². The molecule has 3 aromatic rings. The molecule has 2 aromatic heterocycles. The van der Waals surface area contributed by atoms with E-state index in [9.17, 15) is 10.1 Å². The number of aromatic nitrogens is 2. The summed E-state index contributed by atoms with van der Waals surface area (Å²) in [4.78, 5) is 22.3. The Bertz CT molecular complexity index is 1180. The monoisotopic (exact) mass is 466 g/mol. The first-order valence-corrected chi connectivity index (χ1v) is 12.6. The van der Waals surface area contributed by atoms with Crippen molar-refractivity contribution >= 4 is 44.4 Å². The number of nitrogens with one attached hydrogen (secondary N) is 1. The molecule has 0 saturated carbocycles. The average Bonchev–Trinajstić information content (AvgIpc) is 3.18. The highest BCUT2D eigenvalue weighted by molar-refractivity contribution is 8.00. The van der Waals surface area contributed by atoms with Crippen LogP contribution in [0.4, 0.5) is 5.13 Å². The summed E-state index contributed by atoms with van der Waals surface area (Å²) in [6.45, 7) is 6.75. The highest BCUT2D eigenvalue weighted by Crippen LogP contribution is 2.34. The van der Waals surface area contributed by atoms with Gasteiger partial charge in [-0.1, -0.05) is 36.9 Å². The lowest BCUT2D eigenvalue weighted by molar-refractivity contribution is -0.115. The summed E-state index contributed by atoms with van der Waals surface area (Å²) >= 11 is 2.79. The fraction of sp³-hybridized carbons (Fsp3) is 0.417. The smallest absolute Gasteiger partial charge is 0.239 e. The number of fused-ring (bicyclic) bond motifs is 2. The number of carbonyl (C=O) groups excluding carboxylic acids is 1. The quantitative estimate of drug-likeness (QED) is 0.456. The zero-order valence-corrected chi connectivity index (χ0v) is 20.1. The third-order valence-corrected chi connectivity index (χ3v) is 7.84. The van der Waals surface area contributed by atoms with Gasteiger partial charge in [0.1, 0.15) is 16.8 Å². The summed E-state index contributed by atoms with van der Waals surface area (Å²) < 4.78 is 6.51. The number of ether oxygens (including phenoxy) is 1. The molecule has 8 heteroatoms. The molecule has 1 amide bonds. The first-order valence-electron chi connectivity index (χ1n) is 10.9. The molecule has 2 heterocycles. The van der Waals surface area contributed by atoms with Crippen LogP contribution < -0.4 is 10.1 Å². The number of amides is 1. The van der Waals surface area contributed by atoms with Gasteiger partial charge < -0.3 is 10.1 Å². The normalized spacial score (nSPS) is 16.2. The minimum Gasteiger partial charge on any atom is -0.494 e. The van der Waals surface area contributed by atoms with E-state index in [1.807, 2.05) is 38.1 Å². The largest absolute Gasteiger partial charge is 0.494 e. The average molecular weight is 467 g/mol. The van der Waals surface area contributed by atoms with Crippen molar-refractivity contribution in [3.63, 3.8) is 0 Å². The Morgan fingerprint density at radius 3 is 2.97 bits per heavy atom. The zero-order chi connectivity index (χ0) is 22.7. The Hall–Kier alpha value is -2.63. The van der Waals surface area contributed by atoms with E-state index in [0.717, 1.165) is 40.9 Å². The number of anilines is 1. The number of thioether (sulfide) groups is 1. The van der Waals surface area contributed by atoms with Gasteiger partial charge in [0, 0.05) is 5.69 Å². The van der Waals surface area contributed by atoms with E-state index >= 15 is 0 Å². The molecule has 2 atom stereocenters. The standard InChI is InChI=1S/C24H26N4O2S2/c1-4-20(31-23-16(13-25)11-15-10-14(3)6-8-18(15)26-23)22(29)28-24-27-19-9-7-17(30-5-2)12-21(19)32-24/h7,9,11-12,14,20H,4-6,8,10H2,1-3H3,(H,27,28,29). The fourth-order valence-corrected chi connectivity index (χ4v) is 5.75. The van der Waals surface area contributed by atoms with E-state index in [1.54, 1.807) is 0 Å². The maximum atomic E-state index is 13.0. The van der Waals surface area contributed by atoms with Gasteiger partial charge in [-0.05, 0) is 68.4 Å². The first kappa shape index (κ1) is 22.6. The molecule has 0 saturated heterocycles. The topological polar surface area (TPSA) is 87.9 Å². The van der Waals surface area contributed by atoms with E-state index < -0.39 is 0 Å². The molecule has 32 heavy (non-hydrogen) atoms. The third kappa shape index (κ3) is 4.89. The number of pyridine rings is 1. The molecule has 0 spiro atoms. The Morgan fingerprint density at radius 2 is 2.22 bits per heavy atom. The van der Waals surface area contributed by atoms with Crippen LogP contribution in [0.1, 0.15) is 50.4 Å². The van der Waals surface area contributed by atoms with Gasteiger partial charge in [0.05, 0.1) is 27.6 Å². The molecule has 1 aliphatic carbocycles. The number of carbonyl (C=O) groups is 1. The lowest BCUT2D eigenvalue weighted by atomic mass is 9.87. The molecule has 1 aromatic carbocycles. The van der Waals surface area contributed by atoms with Crippen molar-refractivity contribution in [3.05, 3.63) is 41.1 Å². The number of aryl methyl sites for hydroxylation is 1. The summed E-state index contributed by atoms with van der Waals surface area (Å²) in [5, 5.41) is 13.5. The van der Waals surface area contributed by atoms with Crippen molar-refractivity contribution < 1.29 is 9.53 Å². The van der Waals surface area contributed by atoms with Gasteiger partial charge in [0.25, 0.3) is 0 Å². The molecule has 1 N–H and O–H groups in total.